The van der Waals surface area contributed by atoms with Crippen LogP contribution in [0.4, 0.5) is 11.5 Å². The Kier molecular flexibility index (Phi) is 6.51. The van der Waals surface area contributed by atoms with Gasteiger partial charge in [0.2, 0.25) is 5.91 Å². The third-order valence-electron chi connectivity index (χ3n) is 7.45. The van der Waals surface area contributed by atoms with Gasteiger partial charge in [-0.1, -0.05) is 30.3 Å². The lowest BCUT2D eigenvalue weighted by Gasteiger charge is -2.34. The number of aromatic nitrogens is 1. The van der Waals surface area contributed by atoms with Gasteiger partial charge in [-0.05, 0) is 69.0 Å². The lowest BCUT2D eigenvalue weighted by Crippen LogP contribution is -2.50. The zero-order valence-corrected chi connectivity index (χ0v) is 22.5. The van der Waals surface area contributed by atoms with E-state index >= 15 is 0 Å². The van der Waals surface area contributed by atoms with Crippen molar-refractivity contribution in [3.63, 3.8) is 0 Å². The largest absolute Gasteiger partial charge is 0.489 e. The summed E-state index contributed by atoms with van der Waals surface area (Å²) in [4.78, 5) is 32.8. The van der Waals surface area contributed by atoms with Gasteiger partial charge in [-0.2, -0.15) is 0 Å². The molecule has 38 heavy (non-hydrogen) atoms. The van der Waals surface area contributed by atoms with Gasteiger partial charge in [0.15, 0.2) is 0 Å². The fraction of sp³-hybridized carbons (Fsp3) is 0.345. The summed E-state index contributed by atoms with van der Waals surface area (Å²) in [5, 5.41) is 3.03. The minimum Gasteiger partial charge on any atom is -0.489 e. The van der Waals surface area contributed by atoms with Crippen LogP contribution in [-0.2, 0) is 26.7 Å². The third kappa shape index (κ3) is 5.03. The summed E-state index contributed by atoms with van der Waals surface area (Å²) in [6.45, 7) is 5.93. The summed E-state index contributed by atoms with van der Waals surface area (Å²) in [5.74, 6) is 0.724. The first kappa shape index (κ1) is 25.9. The average molecular weight is 534 g/mol. The molecule has 1 fully saturated rings. The van der Waals surface area contributed by atoms with Crippen molar-refractivity contribution in [2.24, 2.45) is 0 Å². The fourth-order valence-electron chi connectivity index (χ4n) is 4.92. The molecule has 1 aromatic heterocycles. The van der Waals surface area contributed by atoms with Crippen LogP contribution in [0.5, 0.6) is 5.75 Å². The highest BCUT2D eigenvalue weighted by Gasteiger charge is 2.45. The van der Waals surface area contributed by atoms with Crippen molar-refractivity contribution in [2.45, 2.75) is 51.2 Å². The summed E-state index contributed by atoms with van der Waals surface area (Å²) in [6, 6.07) is 18.5. The van der Waals surface area contributed by atoms with E-state index in [1.165, 1.54) is 0 Å². The average Bonchev–Trinajstić information content (AvgIpc) is 3.10. The molecule has 2 aliphatic heterocycles. The van der Waals surface area contributed by atoms with Crippen LogP contribution in [0.3, 0.4) is 0 Å². The number of ether oxygens (including phenoxy) is 1. The highest BCUT2D eigenvalue weighted by atomic mass is 32.2. The van der Waals surface area contributed by atoms with Crippen molar-refractivity contribution in [2.75, 3.05) is 16.4 Å². The second kappa shape index (κ2) is 9.54. The molecule has 2 aliphatic rings. The van der Waals surface area contributed by atoms with Crippen molar-refractivity contribution in [1.29, 1.82) is 0 Å². The van der Waals surface area contributed by atoms with E-state index in [1.54, 1.807) is 41.4 Å². The van der Waals surface area contributed by atoms with Crippen LogP contribution < -0.4 is 15.0 Å². The number of carbonyl (C=O) groups is 2. The number of fused-ring (bicyclic) bond motifs is 1. The number of pyridine rings is 1. The van der Waals surface area contributed by atoms with Gasteiger partial charge in [-0.3, -0.25) is 14.5 Å². The molecule has 8 nitrogen and oxygen atoms in total. The first-order chi connectivity index (χ1) is 18.0. The van der Waals surface area contributed by atoms with Gasteiger partial charge < -0.3 is 10.1 Å². The lowest BCUT2D eigenvalue weighted by molar-refractivity contribution is -0.121. The monoisotopic (exact) mass is 533 g/mol. The summed E-state index contributed by atoms with van der Waals surface area (Å²) >= 11 is 0. The van der Waals surface area contributed by atoms with Gasteiger partial charge in [0.25, 0.3) is 5.91 Å². The van der Waals surface area contributed by atoms with Crippen LogP contribution in [0.1, 0.15) is 55.1 Å². The Bertz CT molecular complexity index is 1490. The molecule has 5 rings (SSSR count). The van der Waals surface area contributed by atoms with Crippen LogP contribution >= 0.6 is 0 Å². The fourth-order valence-corrected chi connectivity index (χ4v) is 6.64. The number of carbonyl (C=O) groups excluding carboxylic acids is 2. The van der Waals surface area contributed by atoms with E-state index in [9.17, 15) is 18.0 Å². The number of rotatable bonds is 6. The van der Waals surface area contributed by atoms with Crippen molar-refractivity contribution >= 4 is 33.2 Å². The van der Waals surface area contributed by atoms with Crippen LogP contribution in [0.25, 0.3) is 0 Å². The number of hydrogen-bond acceptors (Lipinski definition) is 6. The Morgan fingerprint density at radius 2 is 1.74 bits per heavy atom. The number of amides is 2. The van der Waals surface area contributed by atoms with Crippen LogP contribution in [0, 0.1) is 0 Å². The van der Waals surface area contributed by atoms with Crippen LogP contribution in [-0.4, -0.2) is 42.3 Å². The molecule has 0 unspecified atom stereocenters. The van der Waals surface area contributed by atoms with Crippen molar-refractivity contribution in [1.82, 2.24) is 10.3 Å². The second-order valence-electron chi connectivity index (χ2n) is 10.8. The second-order valence-corrected chi connectivity index (χ2v) is 13.1. The quantitative estimate of drug-likeness (QED) is 0.506. The molecule has 1 N–H and O–H groups in total. The molecule has 0 spiro atoms. The molecule has 3 heterocycles. The minimum absolute atomic E-state index is 0.0611. The molecule has 0 aliphatic carbocycles. The Morgan fingerprint density at radius 3 is 2.45 bits per heavy atom. The standard InChI is InChI=1S/C29H31N3O5S/c1-28(2)23-17-21(26(33)31-29(3)12-15-38(35,36)16-13-29)9-10-24(23)32(27(28)34)25-18-22(11-14-30-25)37-19-20-7-5-4-6-8-20/h4-11,14,17-18H,12-13,15-16,19H2,1-3H3,(H,31,33). The lowest BCUT2D eigenvalue weighted by atomic mass is 9.85. The summed E-state index contributed by atoms with van der Waals surface area (Å²) in [5.41, 5.74) is 1.38. The van der Waals surface area contributed by atoms with Gasteiger partial charge in [0.05, 0.1) is 22.6 Å². The number of sulfone groups is 1. The van der Waals surface area contributed by atoms with Crippen molar-refractivity contribution in [3.05, 3.63) is 83.6 Å². The van der Waals surface area contributed by atoms with E-state index in [0.717, 1.165) is 11.1 Å². The van der Waals surface area contributed by atoms with E-state index in [4.69, 9.17) is 4.74 Å². The van der Waals surface area contributed by atoms with E-state index in [2.05, 4.69) is 10.3 Å². The van der Waals surface area contributed by atoms with Crippen LogP contribution in [0.15, 0.2) is 66.9 Å². The smallest absolute Gasteiger partial charge is 0.251 e. The van der Waals surface area contributed by atoms with Crippen LogP contribution in [0.2, 0.25) is 0 Å². The molecular formula is C29H31N3O5S. The number of hydrogen-bond donors (Lipinski definition) is 1. The van der Waals surface area contributed by atoms with E-state index in [0.29, 0.717) is 42.3 Å². The summed E-state index contributed by atoms with van der Waals surface area (Å²) in [6.07, 6.45) is 2.36. The van der Waals surface area contributed by atoms with Gasteiger partial charge >= 0.3 is 0 Å². The van der Waals surface area contributed by atoms with E-state index in [1.807, 2.05) is 51.1 Å². The number of nitrogens with one attached hydrogen (secondary N) is 1. The van der Waals surface area contributed by atoms with E-state index < -0.39 is 20.8 Å². The minimum atomic E-state index is -3.05. The first-order valence-corrected chi connectivity index (χ1v) is 14.4. The van der Waals surface area contributed by atoms with Gasteiger partial charge in [0.1, 0.15) is 28.0 Å². The predicted molar refractivity (Wildman–Crippen MR) is 145 cm³/mol. The molecular weight excluding hydrogens is 502 g/mol. The Hall–Kier alpha value is -3.72. The molecule has 0 atom stereocenters. The zero-order chi connectivity index (χ0) is 27.1. The molecule has 0 bridgehead atoms. The van der Waals surface area contributed by atoms with Crippen molar-refractivity contribution in [3.8, 4) is 5.75 Å². The molecule has 2 aromatic carbocycles. The summed E-state index contributed by atoms with van der Waals surface area (Å²) in [7, 11) is -3.05. The van der Waals surface area contributed by atoms with E-state index in [-0.39, 0.29) is 23.3 Å². The maximum absolute atomic E-state index is 13.6. The number of anilines is 2. The maximum Gasteiger partial charge on any atom is 0.251 e. The first-order valence-electron chi connectivity index (χ1n) is 12.6. The Morgan fingerprint density at radius 1 is 1.03 bits per heavy atom. The molecule has 0 saturated carbocycles. The summed E-state index contributed by atoms with van der Waals surface area (Å²) < 4.78 is 29.6. The van der Waals surface area contributed by atoms with Gasteiger partial charge in [0, 0.05) is 23.4 Å². The molecule has 3 aromatic rings. The highest BCUT2D eigenvalue weighted by molar-refractivity contribution is 7.91. The number of benzene rings is 2. The van der Waals surface area contributed by atoms with Gasteiger partial charge in [-0.25, -0.2) is 13.4 Å². The normalized spacial score (nSPS) is 19.0. The number of nitrogens with zero attached hydrogens (tertiary/aromatic N) is 2. The Balaban J connectivity index is 1.38. The molecule has 0 radical (unpaired) electrons. The van der Waals surface area contributed by atoms with Gasteiger partial charge in [-0.15, -0.1) is 0 Å². The third-order valence-corrected chi connectivity index (χ3v) is 9.10. The molecule has 1 saturated heterocycles. The topological polar surface area (TPSA) is 106 Å². The predicted octanol–water partition coefficient (Wildman–Crippen LogP) is 4.31. The maximum atomic E-state index is 13.6. The zero-order valence-electron chi connectivity index (χ0n) is 21.7. The molecule has 9 heteroatoms. The Labute approximate surface area is 223 Å². The SMILES string of the molecule is CC1(NC(=O)c2ccc3c(c2)C(C)(C)C(=O)N3c2cc(OCc3ccccc3)ccn2)CCS(=O)(=O)CC1. The molecule has 198 valence electrons. The van der Waals surface area contributed by atoms with Crippen molar-refractivity contribution < 1.29 is 22.7 Å². The highest BCUT2D eigenvalue weighted by Crippen LogP contribution is 2.45. The molecule has 2 amide bonds.